The molecule has 4 aromatic carbocycles. The Morgan fingerprint density at radius 1 is 0.814 bits per heavy atom. The van der Waals surface area contributed by atoms with Crippen molar-refractivity contribution in [1.29, 1.82) is 0 Å². The Morgan fingerprint density at radius 3 is 1.86 bits per heavy atom. The van der Waals surface area contributed by atoms with Gasteiger partial charge < -0.3 is 25.1 Å². The summed E-state index contributed by atoms with van der Waals surface area (Å²) in [5.74, 6) is 1.77. The zero-order valence-electron chi connectivity index (χ0n) is 24.9. The molecule has 4 aromatic rings. The molecular weight excluding hydrogens is 564 g/mol. The number of hydrogen-bond donors (Lipinski definition) is 3. The van der Waals surface area contributed by atoms with E-state index in [1.54, 1.807) is 32.4 Å². The molecule has 2 unspecified atom stereocenters. The number of hydrogen-bond acceptors (Lipinski definition) is 7. The lowest BCUT2D eigenvalue weighted by atomic mass is 9.80. The zero-order valence-corrected chi connectivity index (χ0v) is 25.8. The molecule has 0 fully saturated rings. The minimum absolute atomic E-state index is 0.00119. The molecule has 0 aliphatic heterocycles. The molecule has 0 aliphatic rings. The van der Waals surface area contributed by atoms with Crippen LogP contribution in [0.2, 0.25) is 0 Å². The highest BCUT2D eigenvalue weighted by atomic mass is 32.2. The standard InChI is InChI=1S/C34H40N2O6S/c1-23(20-30(25-10-15-28(40-2)16-11-25)26-12-17-29(41-3)18-13-26)33(35)34(37)27-14-19-32(31(21-27)36-43(4,38)39)42-22-24-8-6-5-7-9-24/h5-19,21,23,30,33-34,36-37H,20,22,35H2,1-4H3/t23-,33?,34?/m0/s1. The number of nitrogens with two attached hydrogens (primary N) is 1. The van der Waals surface area contributed by atoms with Gasteiger partial charge in [-0.25, -0.2) is 8.42 Å². The van der Waals surface area contributed by atoms with Crippen molar-refractivity contribution in [2.24, 2.45) is 11.7 Å². The van der Waals surface area contributed by atoms with Crippen molar-refractivity contribution in [3.63, 3.8) is 0 Å². The molecule has 43 heavy (non-hydrogen) atoms. The summed E-state index contributed by atoms with van der Waals surface area (Å²) in [6.45, 7) is 2.27. The molecule has 8 nitrogen and oxygen atoms in total. The highest BCUT2D eigenvalue weighted by Gasteiger charge is 2.28. The van der Waals surface area contributed by atoms with Gasteiger partial charge in [0.1, 0.15) is 23.9 Å². The minimum atomic E-state index is -3.61. The number of aliphatic hydroxyl groups is 1. The van der Waals surface area contributed by atoms with Gasteiger partial charge in [-0.05, 0) is 71.0 Å². The van der Waals surface area contributed by atoms with E-state index in [0.29, 0.717) is 17.7 Å². The summed E-state index contributed by atoms with van der Waals surface area (Å²) in [6.07, 6.45) is 0.679. The maximum atomic E-state index is 12.2. The van der Waals surface area contributed by atoms with Gasteiger partial charge in [0.25, 0.3) is 0 Å². The highest BCUT2D eigenvalue weighted by Crippen LogP contribution is 2.37. The van der Waals surface area contributed by atoms with Crippen molar-refractivity contribution < 1.29 is 27.7 Å². The van der Waals surface area contributed by atoms with Crippen LogP contribution in [0.25, 0.3) is 0 Å². The zero-order chi connectivity index (χ0) is 31.0. The van der Waals surface area contributed by atoms with Crippen molar-refractivity contribution in [2.75, 3.05) is 25.2 Å². The first kappa shape index (κ1) is 31.9. The maximum absolute atomic E-state index is 12.2. The summed E-state index contributed by atoms with van der Waals surface area (Å²) in [4.78, 5) is 0. The van der Waals surface area contributed by atoms with Crippen LogP contribution in [-0.2, 0) is 16.6 Å². The summed E-state index contributed by atoms with van der Waals surface area (Å²) < 4.78 is 43.5. The molecule has 0 saturated carbocycles. The van der Waals surface area contributed by atoms with Crippen LogP contribution in [0, 0.1) is 5.92 Å². The molecule has 228 valence electrons. The van der Waals surface area contributed by atoms with Crippen molar-refractivity contribution in [3.05, 3.63) is 119 Å². The summed E-state index contributed by atoms with van der Waals surface area (Å²) in [5.41, 5.74) is 10.5. The van der Waals surface area contributed by atoms with Crippen molar-refractivity contribution in [2.45, 2.75) is 38.0 Å². The number of rotatable bonds is 14. The Kier molecular flexibility index (Phi) is 10.7. The van der Waals surface area contributed by atoms with Crippen LogP contribution < -0.4 is 24.7 Å². The van der Waals surface area contributed by atoms with Gasteiger partial charge in [0.15, 0.2) is 0 Å². The molecule has 0 aromatic heterocycles. The molecule has 0 aliphatic carbocycles. The van der Waals surface area contributed by atoms with E-state index < -0.39 is 22.2 Å². The Bertz CT molecular complexity index is 1510. The van der Waals surface area contributed by atoms with E-state index in [2.05, 4.69) is 4.72 Å². The largest absolute Gasteiger partial charge is 0.497 e. The van der Waals surface area contributed by atoms with E-state index in [0.717, 1.165) is 34.4 Å². The van der Waals surface area contributed by atoms with E-state index in [9.17, 15) is 13.5 Å². The number of nitrogens with one attached hydrogen (secondary N) is 1. The predicted molar refractivity (Wildman–Crippen MR) is 170 cm³/mol. The van der Waals surface area contributed by atoms with Crippen molar-refractivity contribution in [3.8, 4) is 17.2 Å². The third-order valence-electron chi connectivity index (χ3n) is 7.54. The third-order valence-corrected chi connectivity index (χ3v) is 8.13. The predicted octanol–water partition coefficient (Wildman–Crippen LogP) is 5.87. The number of benzene rings is 4. The number of anilines is 1. The molecular formula is C34H40N2O6S. The Balaban J connectivity index is 1.56. The molecule has 4 N–H and O–H groups in total. The fraction of sp³-hybridized carbons (Fsp3) is 0.294. The van der Waals surface area contributed by atoms with Gasteiger partial charge in [-0.1, -0.05) is 67.6 Å². The molecule has 3 atom stereocenters. The van der Waals surface area contributed by atoms with Crippen LogP contribution in [0.1, 0.15) is 47.6 Å². The highest BCUT2D eigenvalue weighted by molar-refractivity contribution is 7.92. The Morgan fingerprint density at radius 2 is 1.35 bits per heavy atom. The summed E-state index contributed by atoms with van der Waals surface area (Å²) in [5, 5.41) is 11.4. The quantitative estimate of drug-likeness (QED) is 0.165. The lowest BCUT2D eigenvalue weighted by Gasteiger charge is -2.29. The second-order valence-corrected chi connectivity index (χ2v) is 12.5. The number of aliphatic hydroxyl groups excluding tert-OH is 1. The van der Waals surface area contributed by atoms with Crippen LogP contribution in [0.15, 0.2) is 97.1 Å². The Hall–Kier alpha value is -4.05. The SMILES string of the molecule is COc1ccc(C(C[C@H](C)C(N)C(O)c2ccc(OCc3ccccc3)c(NS(C)(=O)=O)c2)c2ccc(OC)cc2)cc1. The first-order valence-electron chi connectivity index (χ1n) is 14.1. The van der Waals surface area contributed by atoms with Crippen LogP contribution in [0.5, 0.6) is 17.2 Å². The van der Waals surface area contributed by atoms with Gasteiger partial charge in [-0.2, -0.15) is 0 Å². The average molecular weight is 605 g/mol. The smallest absolute Gasteiger partial charge is 0.229 e. The van der Waals surface area contributed by atoms with Gasteiger partial charge in [0.2, 0.25) is 10.0 Å². The third kappa shape index (κ3) is 8.73. The second-order valence-electron chi connectivity index (χ2n) is 10.7. The van der Waals surface area contributed by atoms with Gasteiger partial charge in [-0.3, -0.25) is 4.72 Å². The topological polar surface area (TPSA) is 120 Å². The molecule has 0 heterocycles. The first-order valence-corrected chi connectivity index (χ1v) is 16.0. The van der Waals surface area contributed by atoms with E-state index in [-0.39, 0.29) is 24.1 Å². The molecule has 0 spiro atoms. The molecule has 9 heteroatoms. The summed E-state index contributed by atoms with van der Waals surface area (Å²) >= 11 is 0. The van der Waals surface area contributed by atoms with Crippen LogP contribution in [0.4, 0.5) is 5.69 Å². The monoisotopic (exact) mass is 604 g/mol. The summed E-state index contributed by atoms with van der Waals surface area (Å²) in [7, 11) is -0.337. The first-order chi connectivity index (χ1) is 20.6. The van der Waals surface area contributed by atoms with Gasteiger partial charge in [0.05, 0.1) is 32.3 Å². The second kappa shape index (κ2) is 14.4. The van der Waals surface area contributed by atoms with E-state index in [1.807, 2.05) is 85.8 Å². The molecule has 0 bridgehead atoms. The minimum Gasteiger partial charge on any atom is -0.497 e. The van der Waals surface area contributed by atoms with Gasteiger partial charge in [0, 0.05) is 12.0 Å². The normalized spacial score (nSPS) is 13.7. The molecule has 0 amide bonds. The lowest BCUT2D eigenvalue weighted by molar-refractivity contribution is 0.118. The van der Waals surface area contributed by atoms with Gasteiger partial charge in [-0.15, -0.1) is 0 Å². The molecule has 0 saturated heterocycles. The van der Waals surface area contributed by atoms with Crippen LogP contribution in [0.3, 0.4) is 0 Å². The Labute approximate surface area is 254 Å². The fourth-order valence-electron chi connectivity index (χ4n) is 5.07. The van der Waals surface area contributed by atoms with E-state index in [4.69, 9.17) is 19.9 Å². The molecule has 4 rings (SSSR count). The van der Waals surface area contributed by atoms with Crippen molar-refractivity contribution in [1.82, 2.24) is 0 Å². The van der Waals surface area contributed by atoms with Crippen LogP contribution >= 0.6 is 0 Å². The summed E-state index contributed by atoms with van der Waals surface area (Å²) in [6, 6.07) is 29.8. The number of sulfonamides is 1. The average Bonchev–Trinajstić information content (AvgIpc) is 3.02. The fourth-order valence-corrected chi connectivity index (χ4v) is 5.63. The van der Waals surface area contributed by atoms with E-state index >= 15 is 0 Å². The lowest BCUT2D eigenvalue weighted by Crippen LogP contribution is -2.36. The van der Waals surface area contributed by atoms with Crippen LogP contribution in [-0.4, -0.2) is 40.0 Å². The van der Waals surface area contributed by atoms with Gasteiger partial charge >= 0.3 is 0 Å². The van der Waals surface area contributed by atoms with Crippen molar-refractivity contribution >= 4 is 15.7 Å². The number of methoxy groups -OCH3 is 2. The number of ether oxygens (including phenoxy) is 3. The maximum Gasteiger partial charge on any atom is 0.229 e. The van der Waals surface area contributed by atoms with E-state index in [1.165, 1.54) is 0 Å². The molecule has 0 radical (unpaired) electrons.